The minimum atomic E-state index is -0.371. The first-order valence-electron chi connectivity index (χ1n) is 8.15. The molecule has 134 valence electrons. The van der Waals surface area contributed by atoms with Crippen molar-refractivity contribution in [2.45, 2.75) is 6.92 Å². The van der Waals surface area contributed by atoms with Crippen molar-refractivity contribution in [1.29, 1.82) is 0 Å². The van der Waals surface area contributed by atoms with Crippen molar-refractivity contribution < 1.29 is 9.21 Å². The summed E-state index contributed by atoms with van der Waals surface area (Å²) in [6.07, 6.45) is 3.09. The first-order valence-corrected chi connectivity index (χ1v) is 9.76. The lowest BCUT2D eigenvalue weighted by Gasteiger charge is -2.11. The molecular weight excluding hydrogens is 426 g/mol. The molecule has 0 unspecified atom stereocenters. The van der Waals surface area contributed by atoms with Gasteiger partial charge in [-0.15, -0.1) is 0 Å². The van der Waals surface area contributed by atoms with Crippen LogP contribution >= 0.6 is 27.3 Å². The van der Waals surface area contributed by atoms with Crippen LogP contribution in [-0.4, -0.2) is 17.1 Å². The summed E-state index contributed by atoms with van der Waals surface area (Å²) >= 11 is 4.82. The summed E-state index contributed by atoms with van der Waals surface area (Å²) in [6, 6.07) is 16.9. The summed E-state index contributed by atoms with van der Waals surface area (Å²) in [5.74, 6) is -0.164. The third-order valence-electron chi connectivity index (χ3n) is 3.83. The van der Waals surface area contributed by atoms with Gasteiger partial charge >= 0.3 is 5.91 Å². The van der Waals surface area contributed by atoms with Gasteiger partial charge in [0.15, 0.2) is 5.76 Å². The predicted molar refractivity (Wildman–Crippen MR) is 112 cm³/mol. The Morgan fingerprint density at radius 1 is 1.22 bits per heavy atom. The fourth-order valence-corrected chi connectivity index (χ4v) is 3.76. The molecular formula is C20H14BrN3O2S. The lowest BCUT2D eigenvalue weighted by Crippen LogP contribution is -2.25. The van der Waals surface area contributed by atoms with Gasteiger partial charge in [-0.25, -0.2) is 4.98 Å². The quantitative estimate of drug-likeness (QED) is 0.305. The van der Waals surface area contributed by atoms with E-state index in [-0.39, 0.29) is 11.7 Å². The fraction of sp³-hybridized carbons (Fsp3) is 0.0500. The van der Waals surface area contributed by atoms with Crippen LogP contribution in [0, 0.1) is 6.92 Å². The van der Waals surface area contributed by atoms with Crippen molar-refractivity contribution in [3.05, 3.63) is 82.2 Å². The number of amides is 1. The van der Waals surface area contributed by atoms with Crippen LogP contribution in [0.1, 0.15) is 21.7 Å². The van der Waals surface area contributed by atoms with Crippen LogP contribution in [0.4, 0.5) is 5.13 Å². The monoisotopic (exact) mass is 439 g/mol. The Bertz CT molecular complexity index is 1120. The molecule has 0 aliphatic rings. The molecule has 5 nitrogen and oxygen atoms in total. The largest absolute Gasteiger partial charge is 0.459 e. The smallest absolute Gasteiger partial charge is 0.316 e. The molecule has 0 saturated carbocycles. The molecule has 2 aromatic heterocycles. The third-order valence-corrected chi connectivity index (χ3v) is 5.35. The Morgan fingerprint density at radius 3 is 2.78 bits per heavy atom. The lowest BCUT2D eigenvalue weighted by molar-refractivity contribution is 0.0961. The number of hydrogen-bond donors (Lipinski definition) is 0. The number of thiazole rings is 1. The maximum absolute atomic E-state index is 12.9. The molecule has 0 N–H and O–H groups in total. The highest BCUT2D eigenvalue weighted by atomic mass is 79.9. The number of halogens is 1. The molecule has 7 heteroatoms. The van der Waals surface area contributed by atoms with Gasteiger partial charge in [-0.05, 0) is 54.4 Å². The van der Waals surface area contributed by atoms with Crippen molar-refractivity contribution >= 4 is 54.7 Å². The van der Waals surface area contributed by atoms with Gasteiger partial charge in [0.25, 0.3) is 0 Å². The fourth-order valence-electron chi connectivity index (χ4n) is 2.48. The number of aryl methyl sites for hydroxylation is 1. The second-order valence-electron chi connectivity index (χ2n) is 5.86. The zero-order chi connectivity index (χ0) is 18.8. The topological polar surface area (TPSA) is 58.7 Å². The summed E-state index contributed by atoms with van der Waals surface area (Å²) in [6.45, 7) is 2.02. The Labute approximate surface area is 168 Å². The molecule has 0 spiro atoms. The Kier molecular flexibility index (Phi) is 4.87. The van der Waals surface area contributed by atoms with Gasteiger partial charge in [-0.2, -0.15) is 10.1 Å². The maximum Gasteiger partial charge on any atom is 0.316 e. The minimum Gasteiger partial charge on any atom is -0.459 e. The van der Waals surface area contributed by atoms with E-state index in [0.717, 1.165) is 25.8 Å². The number of furan rings is 1. The number of carbonyl (C=O) groups excluding carboxylic acids is 1. The molecule has 2 aromatic carbocycles. The molecule has 0 saturated heterocycles. The Balaban J connectivity index is 1.74. The first kappa shape index (κ1) is 17.6. The molecule has 0 radical (unpaired) electrons. The molecule has 1 amide bonds. The SMILES string of the molecule is Cc1ccc2nc(N(/N=C/c3ccc(Br)cc3)C(=O)c3ccco3)sc2c1. The van der Waals surface area contributed by atoms with Gasteiger partial charge in [0.1, 0.15) is 0 Å². The number of benzene rings is 2. The van der Waals surface area contributed by atoms with Crippen LogP contribution in [-0.2, 0) is 0 Å². The van der Waals surface area contributed by atoms with E-state index < -0.39 is 0 Å². The highest BCUT2D eigenvalue weighted by Crippen LogP contribution is 2.30. The van der Waals surface area contributed by atoms with Crippen LogP contribution in [0.15, 0.2) is 74.9 Å². The van der Waals surface area contributed by atoms with E-state index in [1.54, 1.807) is 18.3 Å². The second kappa shape index (κ2) is 7.46. The highest BCUT2D eigenvalue weighted by Gasteiger charge is 2.23. The zero-order valence-electron chi connectivity index (χ0n) is 14.3. The summed E-state index contributed by atoms with van der Waals surface area (Å²) in [5.41, 5.74) is 2.84. The van der Waals surface area contributed by atoms with E-state index >= 15 is 0 Å². The zero-order valence-corrected chi connectivity index (χ0v) is 16.7. The molecule has 0 bridgehead atoms. The van der Waals surface area contributed by atoms with E-state index in [1.165, 1.54) is 22.6 Å². The summed E-state index contributed by atoms with van der Waals surface area (Å²) in [7, 11) is 0. The van der Waals surface area contributed by atoms with Crippen molar-refractivity contribution in [2.75, 3.05) is 5.01 Å². The van der Waals surface area contributed by atoms with E-state index in [2.05, 4.69) is 26.0 Å². The first-order chi connectivity index (χ1) is 13.1. The van der Waals surface area contributed by atoms with Gasteiger partial charge in [-0.3, -0.25) is 4.79 Å². The molecule has 0 atom stereocenters. The van der Waals surface area contributed by atoms with Crippen LogP contribution in [0.2, 0.25) is 0 Å². The molecule has 4 rings (SSSR count). The molecule has 0 fully saturated rings. The number of hydrazone groups is 1. The molecule has 2 heterocycles. The van der Waals surface area contributed by atoms with E-state index in [4.69, 9.17) is 4.42 Å². The van der Waals surface area contributed by atoms with Gasteiger partial charge < -0.3 is 4.42 Å². The van der Waals surface area contributed by atoms with E-state index in [0.29, 0.717) is 5.13 Å². The molecule has 0 aliphatic heterocycles. The summed E-state index contributed by atoms with van der Waals surface area (Å²) in [4.78, 5) is 17.5. The molecule has 27 heavy (non-hydrogen) atoms. The van der Waals surface area contributed by atoms with Crippen LogP contribution in [0.5, 0.6) is 0 Å². The number of anilines is 1. The normalized spacial score (nSPS) is 11.3. The van der Waals surface area contributed by atoms with E-state index in [1.807, 2.05) is 49.4 Å². The van der Waals surface area contributed by atoms with Crippen molar-refractivity contribution in [3.8, 4) is 0 Å². The maximum atomic E-state index is 12.9. The minimum absolute atomic E-state index is 0.207. The number of hydrogen-bond acceptors (Lipinski definition) is 5. The standard InChI is InChI=1S/C20H14BrN3O2S/c1-13-4-9-16-18(11-13)27-20(23-16)24(19(25)17-3-2-10-26-17)22-12-14-5-7-15(21)8-6-14/h2-12H,1H3/b22-12+. The predicted octanol–water partition coefficient (Wildman–Crippen LogP) is 5.64. The average Bonchev–Trinajstić information content (AvgIpc) is 3.32. The number of rotatable bonds is 4. The van der Waals surface area contributed by atoms with Crippen LogP contribution < -0.4 is 5.01 Å². The molecule has 0 aliphatic carbocycles. The number of carbonyl (C=O) groups is 1. The molecule has 4 aromatic rings. The Morgan fingerprint density at radius 2 is 2.04 bits per heavy atom. The second-order valence-corrected chi connectivity index (χ2v) is 7.78. The number of nitrogens with zero attached hydrogens (tertiary/aromatic N) is 3. The van der Waals surface area contributed by atoms with Crippen molar-refractivity contribution in [2.24, 2.45) is 5.10 Å². The number of aromatic nitrogens is 1. The van der Waals surface area contributed by atoms with E-state index in [9.17, 15) is 4.79 Å². The Hall–Kier alpha value is -2.77. The van der Waals surface area contributed by atoms with Crippen LogP contribution in [0.3, 0.4) is 0 Å². The summed E-state index contributed by atoms with van der Waals surface area (Å²) < 4.78 is 7.24. The van der Waals surface area contributed by atoms with Crippen molar-refractivity contribution in [3.63, 3.8) is 0 Å². The summed E-state index contributed by atoms with van der Waals surface area (Å²) in [5, 5.41) is 6.17. The highest BCUT2D eigenvalue weighted by molar-refractivity contribution is 9.10. The van der Waals surface area contributed by atoms with Gasteiger partial charge in [0.2, 0.25) is 5.13 Å². The van der Waals surface area contributed by atoms with Crippen molar-refractivity contribution in [1.82, 2.24) is 4.98 Å². The lowest BCUT2D eigenvalue weighted by atomic mass is 10.2. The van der Waals surface area contributed by atoms with Crippen LogP contribution in [0.25, 0.3) is 10.2 Å². The van der Waals surface area contributed by atoms with Gasteiger partial charge in [0, 0.05) is 4.47 Å². The third kappa shape index (κ3) is 3.84. The number of fused-ring (bicyclic) bond motifs is 1. The van der Waals surface area contributed by atoms with Gasteiger partial charge in [-0.1, -0.05) is 45.5 Å². The average molecular weight is 440 g/mol. The van der Waals surface area contributed by atoms with Gasteiger partial charge in [0.05, 0.1) is 22.7 Å².